The van der Waals surface area contributed by atoms with Crippen LogP contribution in [0.1, 0.15) is 78.8 Å². The van der Waals surface area contributed by atoms with Gasteiger partial charge in [-0.1, -0.05) is 71.0 Å². The molecule has 0 aromatic heterocycles. The number of carboxylic acids is 1. The Morgan fingerprint density at radius 3 is 2.07 bits per heavy atom. The van der Waals surface area contributed by atoms with E-state index in [-0.39, 0.29) is 28.9 Å². The predicted molar refractivity (Wildman–Crippen MR) is 158 cm³/mol. The van der Waals surface area contributed by atoms with Crippen molar-refractivity contribution in [2.45, 2.75) is 59.5 Å². The SMILES string of the molecule is Cc1cc(/C(O)=C2/C(=O)C(=O)N(Cc3ccc(C(=O)O)cc3)C2c2ccc(C(C)(C)C)cc2)ccc1OCC(C)C. The molecule has 0 aliphatic carbocycles. The summed E-state index contributed by atoms with van der Waals surface area (Å²) >= 11 is 0. The number of ether oxygens (including phenoxy) is 1. The molecule has 3 aromatic rings. The third-order valence-electron chi connectivity index (χ3n) is 7.21. The van der Waals surface area contributed by atoms with E-state index in [4.69, 9.17) is 4.74 Å². The van der Waals surface area contributed by atoms with Gasteiger partial charge in [0.2, 0.25) is 0 Å². The van der Waals surface area contributed by atoms with Crippen molar-refractivity contribution in [3.8, 4) is 5.75 Å². The highest BCUT2D eigenvalue weighted by atomic mass is 16.5. The number of rotatable bonds is 8. The Kier molecular flexibility index (Phi) is 8.38. The molecule has 0 bridgehead atoms. The van der Waals surface area contributed by atoms with E-state index >= 15 is 0 Å². The van der Waals surface area contributed by atoms with Gasteiger partial charge in [-0.3, -0.25) is 9.59 Å². The number of hydrogen-bond donors (Lipinski definition) is 2. The maximum atomic E-state index is 13.5. The summed E-state index contributed by atoms with van der Waals surface area (Å²) in [6.07, 6.45) is 0. The quantitative estimate of drug-likeness (QED) is 0.183. The zero-order chi connectivity index (χ0) is 30.1. The lowest BCUT2D eigenvalue weighted by Crippen LogP contribution is -2.29. The van der Waals surface area contributed by atoms with Crippen LogP contribution in [-0.2, 0) is 21.5 Å². The van der Waals surface area contributed by atoms with Gasteiger partial charge in [-0.2, -0.15) is 0 Å². The normalized spacial score (nSPS) is 16.9. The molecule has 1 fully saturated rings. The van der Waals surface area contributed by atoms with E-state index in [1.54, 1.807) is 30.3 Å². The monoisotopic (exact) mass is 555 g/mol. The van der Waals surface area contributed by atoms with Gasteiger partial charge in [0.15, 0.2) is 0 Å². The molecule has 214 valence electrons. The summed E-state index contributed by atoms with van der Waals surface area (Å²) in [7, 11) is 0. The number of Topliss-reactive ketones (excluding diaryl/α,β-unsaturated/α-hetero) is 1. The summed E-state index contributed by atoms with van der Waals surface area (Å²) in [5, 5.41) is 20.8. The van der Waals surface area contributed by atoms with Gasteiger partial charge in [-0.05, 0) is 70.8 Å². The van der Waals surface area contributed by atoms with Gasteiger partial charge in [-0.15, -0.1) is 0 Å². The van der Waals surface area contributed by atoms with E-state index in [2.05, 4.69) is 34.6 Å². The minimum absolute atomic E-state index is 0.0101. The number of nitrogens with zero attached hydrogens (tertiary/aromatic N) is 1. The van der Waals surface area contributed by atoms with Crippen LogP contribution in [0.5, 0.6) is 5.75 Å². The molecule has 7 nitrogen and oxygen atoms in total. The number of carbonyl (C=O) groups excluding carboxylic acids is 2. The second-order valence-corrected chi connectivity index (χ2v) is 12.0. The minimum atomic E-state index is -1.05. The first kappa shape index (κ1) is 29.6. The van der Waals surface area contributed by atoms with Crippen LogP contribution in [0, 0.1) is 12.8 Å². The van der Waals surface area contributed by atoms with Crippen molar-refractivity contribution in [2.24, 2.45) is 5.92 Å². The van der Waals surface area contributed by atoms with Gasteiger partial charge in [-0.25, -0.2) is 4.79 Å². The fraction of sp³-hybridized carbons (Fsp3) is 0.324. The molecule has 0 spiro atoms. The van der Waals surface area contributed by atoms with Crippen molar-refractivity contribution in [2.75, 3.05) is 6.61 Å². The highest BCUT2D eigenvalue weighted by Gasteiger charge is 2.46. The number of aromatic carboxylic acids is 1. The lowest BCUT2D eigenvalue weighted by molar-refractivity contribution is -0.140. The molecule has 1 aliphatic heterocycles. The molecule has 1 heterocycles. The number of carbonyl (C=O) groups is 3. The van der Waals surface area contributed by atoms with E-state index in [9.17, 15) is 24.6 Å². The highest BCUT2D eigenvalue weighted by Crippen LogP contribution is 2.41. The van der Waals surface area contributed by atoms with Crippen molar-refractivity contribution in [1.29, 1.82) is 0 Å². The molecule has 2 N–H and O–H groups in total. The molecule has 1 aliphatic rings. The molecule has 4 rings (SSSR count). The number of aryl methyl sites for hydroxylation is 1. The third kappa shape index (κ3) is 6.35. The van der Waals surface area contributed by atoms with Crippen LogP contribution in [0.2, 0.25) is 0 Å². The lowest BCUT2D eigenvalue weighted by atomic mass is 9.85. The fourth-order valence-corrected chi connectivity index (χ4v) is 4.88. The Hall–Kier alpha value is -4.39. The number of aliphatic hydroxyl groups excluding tert-OH is 1. The molecule has 0 radical (unpaired) electrons. The van der Waals surface area contributed by atoms with E-state index in [0.717, 1.165) is 11.1 Å². The topological polar surface area (TPSA) is 104 Å². The van der Waals surface area contributed by atoms with Crippen LogP contribution < -0.4 is 4.74 Å². The highest BCUT2D eigenvalue weighted by molar-refractivity contribution is 6.46. The zero-order valence-electron chi connectivity index (χ0n) is 24.4. The molecular weight excluding hydrogens is 518 g/mol. The van der Waals surface area contributed by atoms with Gasteiger partial charge in [0.1, 0.15) is 11.5 Å². The first-order valence-corrected chi connectivity index (χ1v) is 13.7. The largest absolute Gasteiger partial charge is 0.507 e. The van der Waals surface area contributed by atoms with Gasteiger partial charge >= 0.3 is 5.97 Å². The molecule has 1 saturated heterocycles. The van der Waals surface area contributed by atoms with E-state index in [1.165, 1.54) is 17.0 Å². The second kappa shape index (κ2) is 11.6. The maximum Gasteiger partial charge on any atom is 0.335 e. The first-order valence-electron chi connectivity index (χ1n) is 13.7. The Balaban J connectivity index is 1.80. The molecule has 41 heavy (non-hydrogen) atoms. The second-order valence-electron chi connectivity index (χ2n) is 12.0. The Morgan fingerprint density at radius 1 is 0.927 bits per heavy atom. The molecule has 1 amide bonds. The number of hydrogen-bond acceptors (Lipinski definition) is 5. The van der Waals surface area contributed by atoms with Crippen LogP contribution in [0.4, 0.5) is 0 Å². The maximum absolute atomic E-state index is 13.5. The van der Waals surface area contributed by atoms with Gasteiger partial charge in [0.05, 0.1) is 23.8 Å². The Labute approximate surface area is 241 Å². The number of likely N-dealkylation sites (tertiary alicyclic amines) is 1. The molecule has 3 aromatic carbocycles. The molecular formula is C34H37NO6. The van der Waals surface area contributed by atoms with Gasteiger partial charge in [0.25, 0.3) is 11.7 Å². The van der Waals surface area contributed by atoms with Crippen molar-refractivity contribution < 1.29 is 29.3 Å². The van der Waals surface area contributed by atoms with Crippen LogP contribution in [0.3, 0.4) is 0 Å². The lowest BCUT2D eigenvalue weighted by Gasteiger charge is -2.27. The van der Waals surface area contributed by atoms with Crippen molar-refractivity contribution in [1.82, 2.24) is 4.90 Å². The molecule has 1 atom stereocenters. The van der Waals surface area contributed by atoms with Crippen molar-refractivity contribution in [3.05, 3.63) is 106 Å². The van der Waals surface area contributed by atoms with E-state index < -0.39 is 23.7 Å². The molecule has 0 saturated carbocycles. The van der Waals surface area contributed by atoms with Crippen LogP contribution in [0.15, 0.2) is 72.3 Å². The van der Waals surface area contributed by atoms with E-state index in [1.807, 2.05) is 31.2 Å². The minimum Gasteiger partial charge on any atom is -0.507 e. The van der Waals surface area contributed by atoms with Crippen LogP contribution in [0.25, 0.3) is 5.76 Å². The van der Waals surface area contributed by atoms with Gasteiger partial charge < -0.3 is 19.8 Å². The van der Waals surface area contributed by atoms with E-state index in [0.29, 0.717) is 35.0 Å². The summed E-state index contributed by atoms with van der Waals surface area (Å²) in [6.45, 7) is 12.9. The molecule has 7 heteroatoms. The Morgan fingerprint density at radius 2 is 1.54 bits per heavy atom. The predicted octanol–water partition coefficient (Wildman–Crippen LogP) is 6.65. The third-order valence-corrected chi connectivity index (χ3v) is 7.21. The number of carboxylic acid groups (broad SMARTS) is 1. The summed E-state index contributed by atoms with van der Waals surface area (Å²) in [5.74, 6) is -1.76. The average Bonchev–Trinajstić information content (AvgIpc) is 3.16. The first-order chi connectivity index (χ1) is 19.3. The molecule has 1 unspecified atom stereocenters. The van der Waals surface area contributed by atoms with Crippen LogP contribution >= 0.6 is 0 Å². The average molecular weight is 556 g/mol. The number of ketones is 1. The van der Waals surface area contributed by atoms with Crippen molar-refractivity contribution in [3.63, 3.8) is 0 Å². The number of amides is 1. The summed E-state index contributed by atoms with van der Waals surface area (Å²) in [5.41, 5.74) is 3.70. The standard InChI is InChI=1S/C34H37NO6/c1-20(2)19-41-27-16-13-25(17-21(27)3)30(36)28-29(23-11-14-26(15-12-23)34(4,5)6)35(32(38)31(28)37)18-22-7-9-24(10-8-22)33(39)40/h7-17,20,29,36H,18-19H2,1-6H3,(H,39,40)/b30-28-. The summed E-state index contributed by atoms with van der Waals surface area (Å²) in [4.78, 5) is 39.7. The number of benzene rings is 3. The smallest absolute Gasteiger partial charge is 0.335 e. The van der Waals surface area contributed by atoms with Crippen LogP contribution in [-0.4, -0.2) is 39.4 Å². The van der Waals surface area contributed by atoms with Crippen molar-refractivity contribution >= 4 is 23.4 Å². The fourth-order valence-electron chi connectivity index (χ4n) is 4.88. The van der Waals surface area contributed by atoms with Gasteiger partial charge in [0, 0.05) is 12.1 Å². The Bertz CT molecular complexity index is 1490. The number of aliphatic hydroxyl groups is 1. The summed E-state index contributed by atoms with van der Waals surface area (Å²) in [6, 6.07) is 18.3. The zero-order valence-corrected chi connectivity index (χ0v) is 24.4. The summed E-state index contributed by atoms with van der Waals surface area (Å²) < 4.78 is 5.87.